The second kappa shape index (κ2) is 14.7. The lowest BCUT2D eigenvalue weighted by Gasteiger charge is -2.08. The molecule has 0 saturated carbocycles. The lowest BCUT2D eigenvalue weighted by molar-refractivity contribution is 0.0953. The highest BCUT2D eigenvalue weighted by atomic mass is 32.1. The number of benzene rings is 1. The number of rotatable bonds is 16. The molecule has 1 aromatic carbocycles. The van der Waals surface area contributed by atoms with Crippen molar-refractivity contribution in [1.82, 2.24) is 20.6 Å². The Balaban J connectivity index is 1.28. The molecule has 0 bridgehead atoms. The van der Waals surface area contributed by atoms with Crippen LogP contribution in [-0.2, 0) is 13.1 Å². The summed E-state index contributed by atoms with van der Waals surface area (Å²) in [4.78, 5) is 31.8. The summed E-state index contributed by atoms with van der Waals surface area (Å²) < 4.78 is 0. The Hall–Kier alpha value is -2.51. The van der Waals surface area contributed by atoms with Gasteiger partial charge >= 0.3 is 0 Å². The zero-order valence-corrected chi connectivity index (χ0v) is 21.1. The first kappa shape index (κ1) is 26.1. The Bertz CT molecular complexity index is 1060. The lowest BCUT2D eigenvalue weighted by atomic mass is 10.1. The molecular weight excluding hydrogens is 444 g/mol. The average Bonchev–Trinajstić information content (AvgIpc) is 3.30. The standard InChI is InChI=1S/C27H38N4O2S/c1-2-3-4-5-6-7-8-9-10-11-16-28-17-21-12-14-22(15-13-21)18-29-25(32)23-19-34-27-24(23)26(33)30-20-31-27/h12-15,19-20,28H,2-11,16-18H2,1H3,(H,29,32)(H,30,31,33). The summed E-state index contributed by atoms with van der Waals surface area (Å²) >= 11 is 1.30. The molecule has 2 aromatic heterocycles. The maximum Gasteiger partial charge on any atom is 0.260 e. The van der Waals surface area contributed by atoms with E-state index in [1.807, 2.05) is 12.1 Å². The van der Waals surface area contributed by atoms with Crippen molar-refractivity contribution in [3.8, 4) is 0 Å². The fourth-order valence-electron chi connectivity index (χ4n) is 4.07. The molecule has 34 heavy (non-hydrogen) atoms. The predicted molar refractivity (Wildman–Crippen MR) is 141 cm³/mol. The molecule has 184 valence electrons. The van der Waals surface area contributed by atoms with Gasteiger partial charge in [0, 0.05) is 18.5 Å². The van der Waals surface area contributed by atoms with Crippen LogP contribution in [0.3, 0.4) is 0 Å². The number of carbonyl (C=O) groups is 1. The molecule has 0 aliphatic carbocycles. The van der Waals surface area contributed by atoms with Crippen molar-refractivity contribution in [2.24, 2.45) is 0 Å². The number of fused-ring (bicyclic) bond motifs is 1. The molecule has 3 rings (SSSR count). The van der Waals surface area contributed by atoms with Gasteiger partial charge in [0.05, 0.1) is 17.3 Å². The minimum atomic E-state index is -0.286. The van der Waals surface area contributed by atoms with Crippen LogP contribution in [0.15, 0.2) is 40.8 Å². The van der Waals surface area contributed by atoms with Gasteiger partial charge in [-0.1, -0.05) is 89.0 Å². The first-order chi connectivity index (χ1) is 16.7. The number of aromatic nitrogens is 2. The van der Waals surface area contributed by atoms with Gasteiger partial charge in [0.15, 0.2) is 0 Å². The van der Waals surface area contributed by atoms with Gasteiger partial charge in [-0.15, -0.1) is 11.3 Å². The highest BCUT2D eigenvalue weighted by Crippen LogP contribution is 2.20. The van der Waals surface area contributed by atoms with Crippen molar-refractivity contribution in [3.05, 3.63) is 63.0 Å². The quantitative estimate of drug-likeness (QED) is 0.221. The molecule has 0 spiro atoms. The van der Waals surface area contributed by atoms with Crippen LogP contribution in [0, 0.1) is 0 Å². The Morgan fingerprint density at radius 3 is 2.21 bits per heavy atom. The van der Waals surface area contributed by atoms with Crippen molar-refractivity contribution >= 4 is 27.5 Å². The third-order valence-electron chi connectivity index (χ3n) is 6.13. The van der Waals surface area contributed by atoms with Gasteiger partial charge in [-0.2, -0.15) is 0 Å². The number of amides is 1. The van der Waals surface area contributed by atoms with Gasteiger partial charge in [0.2, 0.25) is 0 Å². The average molecular weight is 483 g/mol. The molecule has 0 unspecified atom stereocenters. The molecule has 0 radical (unpaired) electrons. The summed E-state index contributed by atoms with van der Waals surface area (Å²) in [6.07, 6.45) is 14.9. The van der Waals surface area contributed by atoms with Crippen LogP contribution < -0.4 is 16.2 Å². The highest BCUT2D eigenvalue weighted by molar-refractivity contribution is 7.17. The van der Waals surface area contributed by atoms with Gasteiger partial charge in [-0.25, -0.2) is 4.98 Å². The van der Waals surface area contributed by atoms with Gasteiger partial charge in [-0.3, -0.25) is 9.59 Å². The van der Waals surface area contributed by atoms with Crippen molar-refractivity contribution < 1.29 is 4.79 Å². The third kappa shape index (κ3) is 8.37. The van der Waals surface area contributed by atoms with E-state index >= 15 is 0 Å². The number of aromatic amines is 1. The Kier molecular flexibility index (Phi) is 11.3. The third-order valence-corrected chi connectivity index (χ3v) is 7.02. The van der Waals surface area contributed by atoms with E-state index in [1.54, 1.807) is 5.38 Å². The van der Waals surface area contributed by atoms with Crippen LogP contribution in [0.4, 0.5) is 0 Å². The first-order valence-electron chi connectivity index (χ1n) is 12.7. The molecule has 1 amide bonds. The number of hydrogen-bond acceptors (Lipinski definition) is 5. The lowest BCUT2D eigenvalue weighted by Crippen LogP contribution is -2.24. The SMILES string of the molecule is CCCCCCCCCCCCNCc1ccc(CNC(=O)c2csc3nc[nH]c(=O)c23)cc1. The van der Waals surface area contributed by atoms with Crippen molar-refractivity contribution in [2.75, 3.05) is 6.54 Å². The summed E-state index contributed by atoms with van der Waals surface area (Å²) in [7, 11) is 0. The minimum Gasteiger partial charge on any atom is -0.348 e. The molecule has 0 saturated heterocycles. The van der Waals surface area contributed by atoms with Crippen LogP contribution in [0.2, 0.25) is 0 Å². The van der Waals surface area contributed by atoms with E-state index in [0.29, 0.717) is 22.3 Å². The summed E-state index contributed by atoms with van der Waals surface area (Å²) in [6.45, 7) is 4.60. The van der Waals surface area contributed by atoms with Crippen molar-refractivity contribution in [1.29, 1.82) is 0 Å². The summed E-state index contributed by atoms with van der Waals surface area (Å²) in [5.41, 5.74) is 2.36. The van der Waals surface area contributed by atoms with Crippen molar-refractivity contribution in [2.45, 2.75) is 84.2 Å². The molecular formula is C27H38N4O2S. The van der Waals surface area contributed by atoms with E-state index in [-0.39, 0.29) is 11.5 Å². The van der Waals surface area contributed by atoms with Gasteiger partial charge in [-0.05, 0) is 24.1 Å². The maximum atomic E-state index is 12.6. The van der Waals surface area contributed by atoms with Crippen LogP contribution in [0.25, 0.3) is 10.2 Å². The number of hydrogen-bond donors (Lipinski definition) is 3. The number of carbonyl (C=O) groups excluding carboxylic acids is 1. The number of unbranched alkanes of at least 4 members (excludes halogenated alkanes) is 9. The smallest absolute Gasteiger partial charge is 0.260 e. The molecule has 7 heteroatoms. The monoisotopic (exact) mass is 482 g/mol. The maximum absolute atomic E-state index is 12.6. The molecule has 0 aliphatic rings. The fraction of sp³-hybridized carbons (Fsp3) is 0.519. The number of H-pyrrole nitrogens is 1. The number of nitrogens with one attached hydrogen (secondary N) is 3. The summed E-state index contributed by atoms with van der Waals surface area (Å²) in [5, 5.41) is 8.48. The van der Waals surface area contributed by atoms with Crippen molar-refractivity contribution in [3.63, 3.8) is 0 Å². The zero-order valence-electron chi connectivity index (χ0n) is 20.3. The predicted octanol–water partition coefficient (Wildman–Crippen LogP) is 5.93. The zero-order chi connectivity index (χ0) is 24.0. The largest absolute Gasteiger partial charge is 0.348 e. The number of nitrogens with zero attached hydrogens (tertiary/aromatic N) is 1. The molecule has 6 nitrogen and oxygen atoms in total. The Labute approximate surface area is 206 Å². The van der Waals surface area contributed by atoms with E-state index in [4.69, 9.17) is 0 Å². The summed E-state index contributed by atoms with van der Waals surface area (Å²) in [5.74, 6) is -0.257. The molecule has 3 aromatic rings. The molecule has 0 atom stereocenters. The van der Waals surface area contributed by atoms with Crippen LogP contribution in [-0.4, -0.2) is 22.4 Å². The van der Waals surface area contributed by atoms with E-state index < -0.39 is 0 Å². The molecule has 2 heterocycles. The van der Waals surface area contributed by atoms with Crippen LogP contribution in [0.1, 0.15) is 92.6 Å². The van der Waals surface area contributed by atoms with E-state index in [2.05, 4.69) is 39.7 Å². The molecule has 0 aliphatic heterocycles. The van der Waals surface area contributed by atoms with E-state index in [0.717, 1.165) is 18.7 Å². The normalized spacial score (nSPS) is 11.2. The van der Waals surface area contributed by atoms with Gasteiger partial charge in [0.1, 0.15) is 4.83 Å². The van der Waals surface area contributed by atoms with Gasteiger partial charge in [0.25, 0.3) is 11.5 Å². The number of thiophene rings is 1. The first-order valence-corrected chi connectivity index (χ1v) is 13.6. The minimum absolute atomic E-state index is 0.257. The van der Waals surface area contributed by atoms with Crippen LogP contribution >= 0.6 is 11.3 Å². The summed E-state index contributed by atoms with van der Waals surface area (Å²) in [6, 6.07) is 8.28. The Morgan fingerprint density at radius 1 is 0.912 bits per heavy atom. The molecule has 3 N–H and O–H groups in total. The second-order valence-electron chi connectivity index (χ2n) is 8.92. The van der Waals surface area contributed by atoms with E-state index in [9.17, 15) is 9.59 Å². The topological polar surface area (TPSA) is 86.9 Å². The van der Waals surface area contributed by atoms with Crippen LogP contribution in [0.5, 0.6) is 0 Å². The van der Waals surface area contributed by atoms with E-state index in [1.165, 1.54) is 87.4 Å². The Morgan fingerprint density at radius 2 is 1.53 bits per heavy atom. The second-order valence-corrected chi connectivity index (χ2v) is 9.78. The fourth-order valence-corrected chi connectivity index (χ4v) is 4.96. The van der Waals surface area contributed by atoms with Gasteiger partial charge < -0.3 is 15.6 Å². The highest BCUT2D eigenvalue weighted by Gasteiger charge is 2.15. The molecule has 0 fully saturated rings.